The van der Waals surface area contributed by atoms with Crippen molar-refractivity contribution in [3.63, 3.8) is 0 Å². The van der Waals surface area contributed by atoms with E-state index in [1.54, 1.807) is 19.2 Å². The summed E-state index contributed by atoms with van der Waals surface area (Å²) in [7, 11) is 0. The van der Waals surface area contributed by atoms with Crippen LogP contribution in [0.15, 0.2) is 35.3 Å². The van der Waals surface area contributed by atoms with Crippen molar-refractivity contribution in [3.8, 4) is 0 Å². The van der Waals surface area contributed by atoms with Gasteiger partial charge in [-0.15, -0.1) is 0 Å². The Morgan fingerprint density at radius 3 is 3.11 bits per heavy atom. The summed E-state index contributed by atoms with van der Waals surface area (Å²) >= 11 is 1.26. The molecule has 0 unspecified atom stereocenters. The number of benzene rings is 1. The smallest absolute Gasteiger partial charge is 0.272 e. The second-order valence-electron chi connectivity index (χ2n) is 3.75. The molecule has 0 fully saturated rings. The molecular formula is C13H12N2O2S. The first-order valence-corrected chi connectivity index (χ1v) is 6.43. The minimum atomic E-state index is -0.185. The van der Waals surface area contributed by atoms with Gasteiger partial charge in [0.1, 0.15) is 0 Å². The van der Waals surface area contributed by atoms with Gasteiger partial charge in [0.05, 0.1) is 11.6 Å². The molecular weight excluding hydrogens is 248 g/mol. The van der Waals surface area contributed by atoms with Gasteiger partial charge in [0.25, 0.3) is 5.56 Å². The molecule has 0 saturated carbocycles. The van der Waals surface area contributed by atoms with E-state index in [-0.39, 0.29) is 10.7 Å². The molecule has 4 nitrogen and oxygen atoms in total. The van der Waals surface area contributed by atoms with Crippen molar-refractivity contribution in [2.45, 2.75) is 6.92 Å². The third-order valence-electron chi connectivity index (χ3n) is 2.38. The molecule has 0 atom stereocenters. The zero-order chi connectivity index (χ0) is 13.0. The standard InChI is InChI=1S/C13H12N2O2S/c1-9(16)18-6-2-3-10-4-5-12-11(7-10)8-14-15-13(12)17/h2-5,7-8H,6H2,1H3,(H,15,17). The van der Waals surface area contributed by atoms with Crippen molar-refractivity contribution in [2.75, 3.05) is 5.75 Å². The van der Waals surface area contributed by atoms with Crippen LogP contribution in [0.3, 0.4) is 0 Å². The quantitative estimate of drug-likeness (QED) is 0.919. The lowest BCUT2D eigenvalue weighted by molar-refractivity contribution is -0.109. The van der Waals surface area contributed by atoms with Gasteiger partial charge in [-0.1, -0.05) is 30.0 Å². The van der Waals surface area contributed by atoms with Crippen LogP contribution in [-0.2, 0) is 4.79 Å². The fraction of sp³-hybridized carbons (Fsp3) is 0.154. The molecule has 1 heterocycles. The Kier molecular flexibility index (Phi) is 3.94. The Morgan fingerprint density at radius 1 is 1.50 bits per heavy atom. The van der Waals surface area contributed by atoms with Crippen molar-refractivity contribution in [3.05, 3.63) is 46.4 Å². The largest absolute Gasteiger partial charge is 0.288 e. The lowest BCUT2D eigenvalue weighted by Gasteiger charge is -1.97. The number of aromatic amines is 1. The van der Waals surface area contributed by atoms with E-state index < -0.39 is 0 Å². The highest BCUT2D eigenvalue weighted by atomic mass is 32.2. The Balaban J connectivity index is 2.20. The Morgan fingerprint density at radius 2 is 2.33 bits per heavy atom. The number of hydrogen-bond acceptors (Lipinski definition) is 4. The van der Waals surface area contributed by atoms with Crippen molar-refractivity contribution in [2.24, 2.45) is 0 Å². The van der Waals surface area contributed by atoms with E-state index in [0.717, 1.165) is 10.9 Å². The zero-order valence-electron chi connectivity index (χ0n) is 9.84. The van der Waals surface area contributed by atoms with Crippen molar-refractivity contribution in [1.82, 2.24) is 10.2 Å². The fourth-order valence-electron chi connectivity index (χ4n) is 1.57. The van der Waals surface area contributed by atoms with Crippen LogP contribution in [0.4, 0.5) is 0 Å². The van der Waals surface area contributed by atoms with E-state index in [2.05, 4.69) is 10.2 Å². The molecule has 2 aromatic rings. The van der Waals surface area contributed by atoms with E-state index in [4.69, 9.17) is 0 Å². The van der Waals surface area contributed by atoms with Gasteiger partial charge in [0.15, 0.2) is 5.12 Å². The molecule has 1 aromatic heterocycles. The van der Waals surface area contributed by atoms with Crippen LogP contribution in [0, 0.1) is 0 Å². The average molecular weight is 260 g/mol. The number of H-pyrrole nitrogens is 1. The molecule has 0 aliphatic rings. The third-order valence-corrected chi connectivity index (χ3v) is 3.15. The number of aromatic nitrogens is 2. The van der Waals surface area contributed by atoms with Gasteiger partial charge in [-0.05, 0) is 17.7 Å². The predicted octanol–water partition coefficient (Wildman–Crippen LogP) is 2.22. The molecule has 0 aliphatic carbocycles. The van der Waals surface area contributed by atoms with Gasteiger partial charge in [0, 0.05) is 18.1 Å². The molecule has 0 amide bonds. The van der Waals surface area contributed by atoms with E-state index in [1.165, 1.54) is 11.8 Å². The highest BCUT2D eigenvalue weighted by Crippen LogP contribution is 2.12. The van der Waals surface area contributed by atoms with Crippen LogP contribution >= 0.6 is 11.8 Å². The number of fused-ring (bicyclic) bond motifs is 1. The maximum atomic E-state index is 11.4. The third kappa shape index (κ3) is 3.07. The summed E-state index contributed by atoms with van der Waals surface area (Å²) < 4.78 is 0. The summed E-state index contributed by atoms with van der Waals surface area (Å²) in [6.45, 7) is 1.55. The van der Waals surface area contributed by atoms with Crippen LogP contribution < -0.4 is 5.56 Å². The normalized spacial score (nSPS) is 11.2. The average Bonchev–Trinajstić information content (AvgIpc) is 2.35. The topological polar surface area (TPSA) is 62.8 Å². The SMILES string of the molecule is CC(=O)SCC=Cc1ccc2c(=O)[nH]ncc2c1. The monoisotopic (exact) mass is 260 g/mol. The van der Waals surface area contributed by atoms with Crippen LogP contribution in [0.1, 0.15) is 12.5 Å². The van der Waals surface area contributed by atoms with Gasteiger partial charge in [0.2, 0.25) is 0 Å². The summed E-state index contributed by atoms with van der Waals surface area (Å²) in [6.07, 6.45) is 5.47. The highest BCUT2D eigenvalue weighted by molar-refractivity contribution is 8.13. The molecule has 5 heteroatoms. The molecule has 0 spiro atoms. The van der Waals surface area contributed by atoms with Crippen LogP contribution in [0.2, 0.25) is 0 Å². The molecule has 0 radical (unpaired) electrons. The van der Waals surface area contributed by atoms with Gasteiger partial charge < -0.3 is 0 Å². The summed E-state index contributed by atoms with van der Waals surface area (Å²) in [5, 5.41) is 7.69. The number of nitrogens with one attached hydrogen (secondary N) is 1. The number of nitrogens with zero attached hydrogens (tertiary/aromatic N) is 1. The molecule has 18 heavy (non-hydrogen) atoms. The summed E-state index contributed by atoms with van der Waals surface area (Å²) in [5.41, 5.74) is 0.800. The molecule has 0 aliphatic heterocycles. The summed E-state index contributed by atoms with van der Waals surface area (Å²) in [4.78, 5) is 22.2. The van der Waals surface area contributed by atoms with Crippen molar-refractivity contribution >= 4 is 33.7 Å². The molecule has 0 bridgehead atoms. The number of thioether (sulfide) groups is 1. The molecule has 1 aromatic carbocycles. The first-order chi connectivity index (χ1) is 8.66. The fourth-order valence-corrected chi connectivity index (χ4v) is 2.00. The van der Waals surface area contributed by atoms with Gasteiger partial charge >= 0.3 is 0 Å². The van der Waals surface area contributed by atoms with Crippen LogP contribution in [-0.4, -0.2) is 21.1 Å². The molecule has 1 N–H and O–H groups in total. The number of carbonyl (C=O) groups excluding carboxylic acids is 1. The Bertz CT molecular complexity index is 661. The lowest BCUT2D eigenvalue weighted by atomic mass is 10.1. The summed E-state index contributed by atoms with van der Waals surface area (Å²) in [5.74, 6) is 0.654. The summed E-state index contributed by atoms with van der Waals surface area (Å²) in [6, 6.07) is 5.53. The lowest BCUT2D eigenvalue weighted by Crippen LogP contribution is -2.06. The van der Waals surface area contributed by atoms with Crippen LogP contribution in [0.5, 0.6) is 0 Å². The van der Waals surface area contributed by atoms with Gasteiger partial charge in [-0.3, -0.25) is 9.59 Å². The van der Waals surface area contributed by atoms with E-state index in [0.29, 0.717) is 11.1 Å². The van der Waals surface area contributed by atoms with E-state index in [9.17, 15) is 9.59 Å². The number of hydrogen-bond donors (Lipinski definition) is 1. The number of rotatable bonds is 3. The zero-order valence-corrected chi connectivity index (χ0v) is 10.7. The maximum Gasteiger partial charge on any atom is 0.272 e. The Labute approximate surface area is 108 Å². The predicted molar refractivity (Wildman–Crippen MR) is 74.5 cm³/mol. The molecule has 0 saturated heterocycles. The maximum absolute atomic E-state index is 11.4. The first-order valence-electron chi connectivity index (χ1n) is 5.44. The number of carbonyl (C=O) groups is 1. The first kappa shape index (κ1) is 12.6. The van der Waals surface area contributed by atoms with E-state index >= 15 is 0 Å². The van der Waals surface area contributed by atoms with E-state index in [1.807, 2.05) is 24.3 Å². The van der Waals surface area contributed by atoms with Crippen molar-refractivity contribution in [1.29, 1.82) is 0 Å². The van der Waals surface area contributed by atoms with Crippen LogP contribution in [0.25, 0.3) is 16.8 Å². The minimum absolute atomic E-state index is 0.105. The highest BCUT2D eigenvalue weighted by Gasteiger charge is 1.98. The van der Waals surface area contributed by atoms with Gasteiger partial charge in [-0.2, -0.15) is 5.10 Å². The van der Waals surface area contributed by atoms with Gasteiger partial charge in [-0.25, -0.2) is 5.10 Å². The minimum Gasteiger partial charge on any atom is -0.288 e. The molecule has 92 valence electrons. The second kappa shape index (κ2) is 5.64. The van der Waals surface area contributed by atoms with Crippen molar-refractivity contribution < 1.29 is 4.79 Å². The Hall–Kier alpha value is -1.88. The molecule has 2 rings (SSSR count). The second-order valence-corrected chi connectivity index (χ2v) is 4.95.